The van der Waals surface area contributed by atoms with E-state index in [9.17, 15) is 0 Å². The zero-order valence-corrected chi connectivity index (χ0v) is 29.5. The summed E-state index contributed by atoms with van der Waals surface area (Å²) in [6.07, 6.45) is 12.7. The fourth-order valence-corrected chi connectivity index (χ4v) is 9.04. The first-order valence-electron chi connectivity index (χ1n) is 18.9. The van der Waals surface area contributed by atoms with Gasteiger partial charge in [0.25, 0.3) is 0 Å². The highest BCUT2D eigenvalue weighted by atomic mass is 15.4. The molecule has 0 aromatic heterocycles. The van der Waals surface area contributed by atoms with E-state index in [1.54, 1.807) is 0 Å². The zero-order valence-electron chi connectivity index (χ0n) is 29.5. The summed E-state index contributed by atoms with van der Waals surface area (Å²) >= 11 is 0. The fraction of sp³-hybridized carbons (Fsp3) is 0.143. The van der Waals surface area contributed by atoms with E-state index in [4.69, 9.17) is 0 Å². The van der Waals surface area contributed by atoms with Crippen LogP contribution in [0.4, 0.5) is 11.4 Å². The molecular weight excluding hydrogens is 645 g/mol. The van der Waals surface area contributed by atoms with Gasteiger partial charge < -0.3 is 5.32 Å². The third kappa shape index (κ3) is 5.95. The van der Waals surface area contributed by atoms with E-state index in [-0.39, 0.29) is 30.3 Å². The molecule has 258 valence electrons. The van der Waals surface area contributed by atoms with Crippen LogP contribution in [0.15, 0.2) is 164 Å². The monoisotopic (exact) mass is 686 g/mol. The van der Waals surface area contributed by atoms with Crippen molar-refractivity contribution in [2.24, 2.45) is 0 Å². The number of para-hydroxylation sites is 1. The summed E-state index contributed by atoms with van der Waals surface area (Å²) in [5.41, 5.74) is 12.7. The number of nitrogens with one attached hydrogen (secondary N) is 4. The van der Waals surface area contributed by atoms with Gasteiger partial charge >= 0.3 is 0 Å². The number of fused-ring (bicyclic) bond motifs is 5. The molecule has 3 aliphatic carbocycles. The van der Waals surface area contributed by atoms with Gasteiger partial charge in [-0.25, -0.2) is 0 Å². The molecule has 10 rings (SSSR count). The van der Waals surface area contributed by atoms with Gasteiger partial charge in [-0.3, -0.25) is 16.0 Å². The maximum absolute atomic E-state index is 3.96. The quantitative estimate of drug-likeness (QED) is 0.141. The lowest BCUT2D eigenvalue weighted by molar-refractivity contribution is 0.179. The lowest BCUT2D eigenvalue weighted by Gasteiger charge is -2.43. The van der Waals surface area contributed by atoms with E-state index >= 15 is 0 Å². The molecular formula is C49H42N4. The predicted molar refractivity (Wildman–Crippen MR) is 219 cm³/mol. The molecule has 4 nitrogen and oxygen atoms in total. The van der Waals surface area contributed by atoms with Crippen molar-refractivity contribution in [1.82, 2.24) is 16.0 Å². The molecule has 0 amide bonds. The number of benzene rings is 6. The van der Waals surface area contributed by atoms with Gasteiger partial charge in [0.2, 0.25) is 0 Å². The number of allylic oxidation sites excluding steroid dienone is 2. The second-order valence-electron chi connectivity index (χ2n) is 14.6. The van der Waals surface area contributed by atoms with Crippen LogP contribution in [-0.2, 0) is 0 Å². The second kappa shape index (κ2) is 13.6. The predicted octanol–water partition coefficient (Wildman–Crippen LogP) is 8.98. The van der Waals surface area contributed by atoms with Crippen LogP contribution in [0.3, 0.4) is 0 Å². The summed E-state index contributed by atoms with van der Waals surface area (Å²) in [4.78, 5) is 0. The fourth-order valence-electron chi connectivity index (χ4n) is 9.04. The minimum atomic E-state index is -0.0313. The van der Waals surface area contributed by atoms with Crippen molar-refractivity contribution in [1.29, 1.82) is 0 Å². The van der Waals surface area contributed by atoms with E-state index in [1.807, 2.05) is 0 Å². The number of rotatable bonds is 6. The molecule has 1 aliphatic heterocycles. The highest BCUT2D eigenvalue weighted by Gasteiger charge is 2.36. The molecule has 0 saturated carbocycles. The van der Waals surface area contributed by atoms with Crippen LogP contribution >= 0.6 is 0 Å². The molecule has 53 heavy (non-hydrogen) atoms. The topological polar surface area (TPSA) is 48.1 Å². The summed E-state index contributed by atoms with van der Waals surface area (Å²) < 4.78 is 0. The second-order valence-corrected chi connectivity index (χ2v) is 14.6. The summed E-state index contributed by atoms with van der Waals surface area (Å²) in [6.45, 7) is 0. The Morgan fingerprint density at radius 3 is 1.96 bits per heavy atom. The maximum atomic E-state index is 3.96. The first kappa shape index (κ1) is 31.9. The average Bonchev–Trinajstić information content (AvgIpc) is 3.23. The Labute approximate surface area is 311 Å². The van der Waals surface area contributed by atoms with Crippen molar-refractivity contribution in [3.05, 3.63) is 213 Å². The Kier molecular flexibility index (Phi) is 8.22. The average molecular weight is 687 g/mol. The Morgan fingerprint density at radius 2 is 1.15 bits per heavy atom. The molecule has 4 aliphatic rings. The lowest BCUT2D eigenvalue weighted by Crippen LogP contribution is -2.61. The van der Waals surface area contributed by atoms with E-state index in [2.05, 4.69) is 203 Å². The summed E-state index contributed by atoms with van der Waals surface area (Å²) in [5, 5.41) is 18.2. The minimum Gasteiger partial charge on any atom is -0.355 e. The zero-order chi connectivity index (χ0) is 35.1. The Morgan fingerprint density at radius 1 is 0.509 bits per heavy atom. The van der Waals surface area contributed by atoms with Crippen molar-refractivity contribution >= 4 is 35.2 Å². The van der Waals surface area contributed by atoms with Crippen LogP contribution < -0.4 is 31.7 Å². The van der Waals surface area contributed by atoms with Crippen LogP contribution in [0.5, 0.6) is 0 Å². The third-order valence-electron chi connectivity index (χ3n) is 11.6. The van der Waals surface area contributed by atoms with Crippen molar-refractivity contribution < 1.29 is 0 Å². The van der Waals surface area contributed by atoms with E-state index in [0.717, 1.165) is 17.8 Å². The van der Waals surface area contributed by atoms with Gasteiger partial charge in [0, 0.05) is 29.1 Å². The summed E-state index contributed by atoms with van der Waals surface area (Å²) in [7, 11) is 0. The molecule has 4 heteroatoms. The van der Waals surface area contributed by atoms with Crippen LogP contribution in [0, 0.1) is 0 Å². The minimum absolute atomic E-state index is 0.00790. The van der Waals surface area contributed by atoms with E-state index in [1.165, 1.54) is 55.0 Å². The maximum Gasteiger partial charge on any atom is 0.0862 e. The van der Waals surface area contributed by atoms with Crippen LogP contribution in [-0.4, -0.2) is 6.17 Å². The number of hydrogen-bond donors (Lipinski definition) is 4. The highest BCUT2D eigenvalue weighted by molar-refractivity contribution is 5.83. The van der Waals surface area contributed by atoms with Gasteiger partial charge in [-0.1, -0.05) is 164 Å². The van der Waals surface area contributed by atoms with Crippen LogP contribution in [0.1, 0.15) is 75.5 Å². The van der Waals surface area contributed by atoms with Crippen LogP contribution in [0.2, 0.25) is 0 Å². The molecule has 1 heterocycles. The standard InChI is InChI=1S/C49H42N4/c1-2-15-34(16-3-1)47-51-48(53-49(52-47)43-23-12-18-32-13-4-7-19-38(32)43)35-25-28-37(29-26-35)50-45-24-11-10-22-41(45)44-31-36-17-6-8-20-39(36)42-30-27-33-14-5-9-21-40(33)46(42)44/h1-22,24-31,43-44,46-53H,23H2. The molecule has 0 radical (unpaired) electrons. The smallest absolute Gasteiger partial charge is 0.0862 e. The molecule has 4 N–H and O–H groups in total. The Balaban J connectivity index is 0.955. The van der Waals surface area contributed by atoms with Crippen LogP contribution in [0.25, 0.3) is 23.8 Å². The summed E-state index contributed by atoms with van der Waals surface area (Å²) in [6, 6.07) is 55.1. The van der Waals surface area contributed by atoms with Gasteiger partial charge in [0.05, 0.1) is 18.5 Å². The first-order chi connectivity index (χ1) is 26.3. The van der Waals surface area contributed by atoms with Gasteiger partial charge in [-0.05, 0) is 79.6 Å². The van der Waals surface area contributed by atoms with Gasteiger partial charge in [-0.15, -0.1) is 0 Å². The van der Waals surface area contributed by atoms with Crippen molar-refractivity contribution in [2.75, 3.05) is 5.32 Å². The molecule has 0 spiro atoms. The molecule has 6 aromatic rings. The Bertz CT molecular complexity index is 2480. The first-order valence-corrected chi connectivity index (χ1v) is 18.9. The van der Waals surface area contributed by atoms with E-state index < -0.39 is 0 Å². The molecule has 6 atom stereocenters. The van der Waals surface area contributed by atoms with Crippen molar-refractivity contribution in [3.8, 4) is 0 Å². The molecule has 0 bridgehead atoms. The Hall–Kier alpha value is -5.78. The number of hydrogen-bond acceptors (Lipinski definition) is 4. The molecule has 1 fully saturated rings. The lowest BCUT2D eigenvalue weighted by atomic mass is 9.69. The molecule has 6 aromatic carbocycles. The molecule has 1 saturated heterocycles. The summed E-state index contributed by atoms with van der Waals surface area (Å²) in [5.74, 6) is 0.742. The van der Waals surface area contributed by atoms with Crippen molar-refractivity contribution in [3.63, 3.8) is 0 Å². The van der Waals surface area contributed by atoms with Gasteiger partial charge in [0.15, 0.2) is 0 Å². The van der Waals surface area contributed by atoms with Gasteiger partial charge in [-0.2, -0.15) is 0 Å². The van der Waals surface area contributed by atoms with E-state index in [0.29, 0.717) is 5.92 Å². The van der Waals surface area contributed by atoms with Gasteiger partial charge in [0.1, 0.15) is 0 Å². The third-order valence-corrected chi connectivity index (χ3v) is 11.6. The van der Waals surface area contributed by atoms with Crippen molar-refractivity contribution in [2.45, 2.75) is 42.7 Å². The highest BCUT2D eigenvalue weighted by Crippen LogP contribution is 2.47. The SMILES string of the molecule is C1=Cc2ccccc2C(C2NC(c3ccccc3)NC(c3ccc(Nc4ccccc4C4C=c5ccccc5=C5C=Cc6ccccc6C54)cc3)N2)C1. The molecule has 6 unspecified atom stereocenters. The largest absolute Gasteiger partial charge is 0.355 e. The normalized spacial score (nSPS) is 23.9. The number of anilines is 2.